The number of halogens is 1. The number of benzene rings is 2. The lowest BCUT2D eigenvalue weighted by Crippen LogP contribution is -2.44. The quantitative estimate of drug-likeness (QED) is 0.342. The molecule has 0 atom stereocenters. The summed E-state index contributed by atoms with van der Waals surface area (Å²) < 4.78 is 12.2. The van der Waals surface area contributed by atoms with E-state index in [1.54, 1.807) is 0 Å². The minimum Gasteiger partial charge on any atom is -0.490 e. The number of carbonyl (C=O) groups excluding carboxylic acids is 2. The van der Waals surface area contributed by atoms with Gasteiger partial charge in [0.15, 0.2) is 23.1 Å². The summed E-state index contributed by atoms with van der Waals surface area (Å²) in [5.74, 6) is 1.07. The van der Waals surface area contributed by atoms with Gasteiger partial charge in [-0.3, -0.25) is 9.59 Å². The van der Waals surface area contributed by atoms with Gasteiger partial charge in [0.25, 0.3) is 0 Å². The summed E-state index contributed by atoms with van der Waals surface area (Å²) in [5, 5.41) is 0.649. The molecule has 0 saturated heterocycles. The van der Waals surface area contributed by atoms with E-state index in [2.05, 4.69) is 39.5 Å². The number of ether oxygens (including phenoxy) is 2. The summed E-state index contributed by atoms with van der Waals surface area (Å²) in [6.07, 6.45) is 2.56. The van der Waals surface area contributed by atoms with E-state index in [4.69, 9.17) is 21.1 Å². The van der Waals surface area contributed by atoms with Crippen molar-refractivity contribution in [3.05, 3.63) is 81.2 Å². The lowest BCUT2D eigenvalue weighted by atomic mass is 9.63. The fourth-order valence-electron chi connectivity index (χ4n) is 6.63. The predicted molar refractivity (Wildman–Crippen MR) is 159 cm³/mol. The molecule has 5 nitrogen and oxygen atoms in total. The van der Waals surface area contributed by atoms with Gasteiger partial charge in [-0.1, -0.05) is 63.6 Å². The molecule has 0 fully saturated rings. The lowest BCUT2D eigenvalue weighted by molar-refractivity contribution is -0.119. The van der Waals surface area contributed by atoms with E-state index in [-0.39, 0.29) is 22.4 Å². The van der Waals surface area contributed by atoms with Crippen LogP contribution in [0.25, 0.3) is 0 Å². The number of hydrogen-bond donors (Lipinski definition) is 0. The molecule has 40 heavy (non-hydrogen) atoms. The number of allylic oxidation sites excluding steroid dienone is 4. The van der Waals surface area contributed by atoms with E-state index in [0.717, 1.165) is 53.1 Å². The molecule has 212 valence electrons. The molecule has 2 aromatic rings. The Kier molecular flexibility index (Phi) is 7.64. The van der Waals surface area contributed by atoms with Crippen molar-refractivity contribution in [2.75, 3.05) is 13.2 Å². The Hall–Kier alpha value is -3.05. The SMILES string of the molecule is CCOc1cc(C2C3=C(CC(C)(C)CC3=O)N(CC)C3=C2C(=O)CC(C)(C)C3)ccc1OCc1ccccc1Cl. The van der Waals surface area contributed by atoms with Crippen LogP contribution >= 0.6 is 11.6 Å². The third-order valence-electron chi connectivity index (χ3n) is 8.28. The molecule has 3 aliphatic rings. The van der Waals surface area contributed by atoms with Gasteiger partial charge in [0.05, 0.1) is 6.61 Å². The van der Waals surface area contributed by atoms with Crippen molar-refractivity contribution in [2.45, 2.75) is 79.8 Å². The largest absolute Gasteiger partial charge is 0.490 e. The van der Waals surface area contributed by atoms with Gasteiger partial charge < -0.3 is 14.4 Å². The van der Waals surface area contributed by atoms with E-state index >= 15 is 0 Å². The number of rotatable bonds is 7. The molecule has 5 rings (SSSR count). The Morgan fingerprint density at radius 1 is 0.825 bits per heavy atom. The molecule has 0 radical (unpaired) electrons. The molecular weight excluding hydrogens is 522 g/mol. The number of ketones is 2. The number of nitrogens with zero attached hydrogens (tertiary/aromatic N) is 1. The lowest BCUT2D eigenvalue weighted by Gasteiger charge is -2.48. The monoisotopic (exact) mass is 561 g/mol. The molecule has 2 aliphatic carbocycles. The van der Waals surface area contributed by atoms with Gasteiger partial charge in [-0.15, -0.1) is 0 Å². The van der Waals surface area contributed by atoms with Crippen LogP contribution in [0.1, 0.15) is 84.3 Å². The highest BCUT2D eigenvalue weighted by Gasteiger charge is 2.48. The van der Waals surface area contributed by atoms with Crippen LogP contribution in [0.5, 0.6) is 11.5 Å². The second-order valence-corrected chi connectivity index (χ2v) is 13.2. The molecule has 0 unspecified atom stereocenters. The maximum Gasteiger partial charge on any atom is 0.162 e. The van der Waals surface area contributed by atoms with Crippen molar-refractivity contribution in [1.29, 1.82) is 0 Å². The van der Waals surface area contributed by atoms with Gasteiger partial charge in [0.2, 0.25) is 0 Å². The Morgan fingerprint density at radius 2 is 1.43 bits per heavy atom. The minimum atomic E-state index is -0.406. The van der Waals surface area contributed by atoms with Gasteiger partial charge in [0, 0.05) is 58.4 Å². The highest BCUT2D eigenvalue weighted by Crippen LogP contribution is 2.54. The Bertz CT molecular complexity index is 1360. The van der Waals surface area contributed by atoms with Crippen molar-refractivity contribution >= 4 is 23.2 Å². The van der Waals surface area contributed by atoms with E-state index in [9.17, 15) is 9.59 Å². The average molecular weight is 562 g/mol. The summed E-state index contributed by atoms with van der Waals surface area (Å²) in [6.45, 7) is 14.2. The highest BCUT2D eigenvalue weighted by molar-refractivity contribution is 6.31. The normalized spacial score (nSPS) is 20.4. The summed E-state index contributed by atoms with van der Waals surface area (Å²) >= 11 is 6.35. The van der Waals surface area contributed by atoms with Crippen LogP contribution in [0.4, 0.5) is 0 Å². The Labute approximate surface area is 243 Å². The molecule has 0 N–H and O–H groups in total. The van der Waals surface area contributed by atoms with Crippen molar-refractivity contribution in [1.82, 2.24) is 4.90 Å². The van der Waals surface area contributed by atoms with Crippen molar-refractivity contribution in [3.63, 3.8) is 0 Å². The van der Waals surface area contributed by atoms with Crippen LogP contribution in [0, 0.1) is 10.8 Å². The molecule has 1 heterocycles. The maximum atomic E-state index is 13.9. The molecule has 0 aromatic heterocycles. The zero-order valence-corrected chi connectivity index (χ0v) is 25.3. The van der Waals surface area contributed by atoms with E-state index < -0.39 is 5.92 Å². The van der Waals surface area contributed by atoms with Crippen LogP contribution in [0.2, 0.25) is 5.02 Å². The third-order valence-corrected chi connectivity index (χ3v) is 8.65. The summed E-state index contributed by atoms with van der Waals surface area (Å²) in [7, 11) is 0. The van der Waals surface area contributed by atoms with Gasteiger partial charge in [-0.2, -0.15) is 0 Å². The zero-order chi connectivity index (χ0) is 28.8. The van der Waals surface area contributed by atoms with Crippen LogP contribution in [0.15, 0.2) is 65.0 Å². The van der Waals surface area contributed by atoms with Crippen LogP contribution < -0.4 is 9.47 Å². The van der Waals surface area contributed by atoms with Crippen molar-refractivity contribution in [2.24, 2.45) is 10.8 Å². The second-order valence-electron chi connectivity index (χ2n) is 12.8. The van der Waals surface area contributed by atoms with Gasteiger partial charge in [-0.25, -0.2) is 0 Å². The van der Waals surface area contributed by atoms with E-state index in [1.165, 1.54) is 0 Å². The first kappa shape index (κ1) is 28.5. The number of Topliss-reactive ketones (excluding diaryl/α,β-unsaturated/α-hetero) is 2. The topological polar surface area (TPSA) is 55.8 Å². The number of hydrogen-bond acceptors (Lipinski definition) is 5. The molecular formula is C34H40ClNO4. The first-order valence-corrected chi connectivity index (χ1v) is 14.8. The standard InChI is InChI=1S/C34H40ClNO4/c1-7-36-24-16-33(3,4)18-26(37)31(24)30(32-25(36)17-34(5,6)19-27(32)38)21-13-14-28(29(15-21)39-8-2)40-20-22-11-9-10-12-23(22)35/h9-15,30H,7-8,16-20H2,1-6H3. The molecule has 1 aliphatic heterocycles. The summed E-state index contributed by atoms with van der Waals surface area (Å²) in [4.78, 5) is 30.0. The first-order valence-electron chi connectivity index (χ1n) is 14.4. The third kappa shape index (κ3) is 5.33. The molecule has 2 aromatic carbocycles. The zero-order valence-electron chi connectivity index (χ0n) is 24.5. The van der Waals surface area contributed by atoms with E-state index in [0.29, 0.717) is 42.6 Å². The van der Waals surface area contributed by atoms with Crippen molar-refractivity contribution < 1.29 is 19.1 Å². The van der Waals surface area contributed by atoms with Gasteiger partial charge >= 0.3 is 0 Å². The highest BCUT2D eigenvalue weighted by atomic mass is 35.5. The maximum absolute atomic E-state index is 13.9. The second kappa shape index (κ2) is 10.7. The summed E-state index contributed by atoms with van der Waals surface area (Å²) in [6, 6.07) is 13.5. The molecule has 6 heteroatoms. The molecule has 0 saturated carbocycles. The fourth-order valence-corrected chi connectivity index (χ4v) is 6.82. The predicted octanol–water partition coefficient (Wildman–Crippen LogP) is 8.02. The first-order chi connectivity index (χ1) is 18.9. The van der Waals surface area contributed by atoms with Crippen molar-refractivity contribution in [3.8, 4) is 11.5 Å². The fraction of sp³-hybridized carbons (Fsp3) is 0.471. The van der Waals surface area contributed by atoms with E-state index in [1.807, 2.05) is 49.4 Å². The average Bonchev–Trinajstić information content (AvgIpc) is 2.86. The Balaban J connectivity index is 1.63. The summed E-state index contributed by atoms with van der Waals surface area (Å²) in [5.41, 5.74) is 5.23. The van der Waals surface area contributed by atoms with Gasteiger partial charge in [-0.05, 0) is 61.3 Å². The number of carbonyl (C=O) groups is 2. The smallest absolute Gasteiger partial charge is 0.162 e. The van der Waals surface area contributed by atoms with Crippen LogP contribution in [-0.2, 0) is 16.2 Å². The Morgan fingerprint density at radius 3 is 1.98 bits per heavy atom. The van der Waals surface area contributed by atoms with Gasteiger partial charge in [0.1, 0.15) is 6.61 Å². The molecule has 0 spiro atoms. The van der Waals surface area contributed by atoms with Crippen LogP contribution in [-0.4, -0.2) is 29.6 Å². The van der Waals surface area contributed by atoms with Crippen LogP contribution in [0.3, 0.4) is 0 Å². The minimum absolute atomic E-state index is 0.132. The molecule has 0 amide bonds. The molecule has 0 bridgehead atoms.